The third-order valence-corrected chi connectivity index (χ3v) is 4.89. The highest BCUT2D eigenvalue weighted by Crippen LogP contribution is 2.35. The minimum Gasteiger partial charge on any atom is -0.477 e. The first-order valence-electron chi connectivity index (χ1n) is 6.84. The van der Waals surface area contributed by atoms with E-state index in [4.69, 9.17) is 0 Å². The van der Waals surface area contributed by atoms with Gasteiger partial charge in [-0.05, 0) is 38.0 Å². The highest BCUT2D eigenvalue weighted by Gasteiger charge is 2.21. The summed E-state index contributed by atoms with van der Waals surface area (Å²) in [5.74, 6) is -0.869. The van der Waals surface area contributed by atoms with Gasteiger partial charge in [0.2, 0.25) is 0 Å². The second kappa shape index (κ2) is 5.00. The first kappa shape index (κ1) is 13.8. The number of benzene rings is 1. The largest absolute Gasteiger partial charge is 0.477 e. The molecule has 0 saturated heterocycles. The van der Waals surface area contributed by atoms with Gasteiger partial charge in [0, 0.05) is 5.39 Å². The van der Waals surface area contributed by atoms with Crippen LogP contribution in [-0.2, 0) is 6.42 Å². The molecule has 2 heterocycles. The molecule has 0 fully saturated rings. The predicted octanol–water partition coefficient (Wildman–Crippen LogP) is 3.96. The van der Waals surface area contributed by atoms with Gasteiger partial charge in [-0.3, -0.25) is 0 Å². The number of aromatic carboxylic acids is 1. The van der Waals surface area contributed by atoms with E-state index < -0.39 is 5.97 Å². The maximum atomic E-state index is 11.4. The molecule has 1 aromatic carbocycles. The Hall–Kier alpha value is -2.14. The van der Waals surface area contributed by atoms with Crippen molar-refractivity contribution in [3.8, 4) is 5.69 Å². The average molecular weight is 300 g/mol. The smallest absolute Gasteiger partial charge is 0.346 e. The van der Waals surface area contributed by atoms with Crippen LogP contribution >= 0.6 is 11.3 Å². The van der Waals surface area contributed by atoms with Crippen LogP contribution < -0.4 is 0 Å². The lowest BCUT2D eigenvalue weighted by Gasteiger charge is -2.02. The molecule has 2 aromatic heterocycles. The Morgan fingerprint density at radius 1 is 1.29 bits per heavy atom. The zero-order valence-corrected chi connectivity index (χ0v) is 13.0. The first-order valence-corrected chi connectivity index (χ1v) is 7.66. The molecule has 0 aliphatic rings. The fraction of sp³-hybridized carbons (Fsp3) is 0.250. The van der Waals surface area contributed by atoms with Crippen molar-refractivity contribution in [2.75, 3.05) is 0 Å². The zero-order chi connectivity index (χ0) is 15.1. The standard InChI is InChI=1S/C16H16N2O2S/c1-4-12-13-10(3)14(16(19)20)21-15(13)18(17-12)11-7-5-9(2)6-8-11/h5-8H,4H2,1-3H3,(H,19,20). The fourth-order valence-electron chi connectivity index (χ4n) is 2.52. The molecular formula is C16H16N2O2S. The number of carboxylic acid groups (broad SMARTS) is 1. The van der Waals surface area contributed by atoms with Crippen molar-refractivity contribution in [2.45, 2.75) is 27.2 Å². The van der Waals surface area contributed by atoms with Crippen LogP contribution in [0.1, 0.15) is 33.4 Å². The van der Waals surface area contributed by atoms with E-state index in [2.05, 4.69) is 5.10 Å². The third-order valence-electron chi connectivity index (χ3n) is 3.64. The van der Waals surface area contributed by atoms with Crippen molar-refractivity contribution in [3.63, 3.8) is 0 Å². The molecule has 0 spiro atoms. The number of carbonyl (C=O) groups is 1. The highest BCUT2D eigenvalue weighted by atomic mass is 32.1. The summed E-state index contributed by atoms with van der Waals surface area (Å²) in [5, 5.41) is 15.0. The molecule has 0 aliphatic heterocycles. The summed E-state index contributed by atoms with van der Waals surface area (Å²) in [6, 6.07) is 8.09. The molecule has 108 valence electrons. The van der Waals surface area contributed by atoms with Crippen molar-refractivity contribution >= 4 is 27.5 Å². The number of nitrogens with zero attached hydrogens (tertiary/aromatic N) is 2. The molecule has 1 N–H and O–H groups in total. The van der Waals surface area contributed by atoms with E-state index in [1.54, 1.807) is 0 Å². The minimum absolute atomic E-state index is 0.401. The van der Waals surface area contributed by atoms with Crippen molar-refractivity contribution in [3.05, 3.63) is 46.0 Å². The normalized spacial score (nSPS) is 11.2. The van der Waals surface area contributed by atoms with Crippen LogP contribution in [0.2, 0.25) is 0 Å². The Balaban J connectivity index is 2.31. The Kier molecular flexibility index (Phi) is 3.29. The van der Waals surface area contributed by atoms with Gasteiger partial charge in [-0.2, -0.15) is 5.10 Å². The lowest BCUT2D eigenvalue weighted by Crippen LogP contribution is -1.98. The van der Waals surface area contributed by atoms with Gasteiger partial charge in [0.1, 0.15) is 9.71 Å². The topological polar surface area (TPSA) is 55.1 Å². The van der Waals surface area contributed by atoms with Crippen LogP contribution in [0, 0.1) is 13.8 Å². The molecule has 5 heteroatoms. The second-order valence-electron chi connectivity index (χ2n) is 5.09. The van der Waals surface area contributed by atoms with E-state index in [0.717, 1.165) is 33.6 Å². The molecule has 21 heavy (non-hydrogen) atoms. The summed E-state index contributed by atoms with van der Waals surface area (Å²) >= 11 is 1.29. The summed E-state index contributed by atoms with van der Waals surface area (Å²) in [7, 11) is 0. The molecule has 0 bridgehead atoms. The zero-order valence-electron chi connectivity index (χ0n) is 12.2. The Morgan fingerprint density at radius 2 is 1.95 bits per heavy atom. The van der Waals surface area contributed by atoms with Crippen LogP contribution in [0.25, 0.3) is 15.9 Å². The molecule has 0 aliphatic carbocycles. The lowest BCUT2D eigenvalue weighted by atomic mass is 10.1. The molecule has 0 radical (unpaired) electrons. The van der Waals surface area contributed by atoms with E-state index >= 15 is 0 Å². The van der Waals surface area contributed by atoms with E-state index in [1.807, 2.05) is 49.7 Å². The van der Waals surface area contributed by atoms with E-state index in [9.17, 15) is 9.90 Å². The molecule has 0 saturated carbocycles. The maximum Gasteiger partial charge on any atom is 0.346 e. The maximum absolute atomic E-state index is 11.4. The summed E-state index contributed by atoms with van der Waals surface area (Å²) < 4.78 is 1.86. The molecule has 0 unspecified atom stereocenters. The lowest BCUT2D eigenvalue weighted by molar-refractivity contribution is 0.0701. The Bertz CT molecular complexity index is 828. The van der Waals surface area contributed by atoms with Crippen LogP contribution in [0.15, 0.2) is 24.3 Å². The number of aryl methyl sites for hydroxylation is 3. The Labute approximate surface area is 126 Å². The number of aromatic nitrogens is 2. The molecule has 4 nitrogen and oxygen atoms in total. The first-order chi connectivity index (χ1) is 10.0. The van der Waals surface area contributed by atoms with Crippen LogP contribution in [0.3, 0.4) is 0 Å². The molecular weight excluding hydrogens is 284 g/mol. The van der Waals surface area contributed by atoms with E-state index in [1.165, 1.54) is 16.9 Å². The fourth-order valence-corrected chi connectivity index (χ4v) is 3.66. The third kappa shape index (κ3) is 2.14. The van der Waals surface area contributed by atoms with Crippen LogP contribution in [0.5, 0.6) is 0 Å². The van der Waals surface area contributed by atoms with Crippen LogP contribution in [-0.4, -0.2) is 20.9 Å². The van der Waals surface area contributed by atoms with Crippen molar-refractivity contribution < 1.29 is 9.90 Å². The van der Waals surface area contributed by atoms with E-state index in [0.29, 0.717) is 4.88 Å². The van der Waals surface area contributed by atoms with Crippen molar-refractivity contribution in [1.29, 1.82) is 0 Å². The predicted molar refractivity (Wildman–Crippen MR) is 84.8 cm³/mol. The molecule has 3 aromatic rings. The second-order valence-corrected chi connectivity index (χ2v) is 6.09. The Morgan fingerprint density at radius 3 is 2.52 bits per heavy atom. The van der Waals surface area contributed by atoms with Gasteiger partial charge >= 0.3 is 5.97 Å². The number of hydrogen-bond acceptors (Lipinski definition) is 3. The van der Waals surface area contributed by atoms with Crippen molar-refractivity contribution in [1.82, 2.24) is 9.78 Å². The van der Waals surface area contributed by atoms with Gasteiger partial charge in [-0.15, -0.1) is 11.3 Å². The SMILES string of the molecule is CCc1nn(-c2ccc(C)cc2)c2sc(C(=O)O)c(C)c12. The van der Waals surface area contributed by atoms with Crippen LogP contribution in [0.4, 0.5) is 0 Å². The summed E-state index contributed by atoms with van der Waals surface area (Å²) in [6.45, 7) is 5.94. The number of thiophene rings is 1. The monoisotopic (exact) mass is 300 g/mol. The summed E-state index contributed by atoms with van der Waals surface area (Å²) in [6.07, 6.45) is 0.784. The number of carboxylic acids is 1. The quantitative estimate of drug-likeness (QED) is 0.796. The number of rotatable bonds is 3. The highest BCUT2D eigenvalue weighted by molar-refractivity contribution is 7.20. The number of fused-ring (bicyclic) bond motifs is 1. The van der Waals surface area contributed by atoms with Gasteiger partial charge in [0.25, 0.3) is 0 Å². The molecule has 0 amide bonds. The van der Waals surface area contributed by atoms with Gasteiger partial charge in [0.05, 0.1) is 11.4 Å². The summed E-state index contributed by atoms with van der Waals surface area (Å²) in [5.41, 5.74) is 3.92. The van der Waals surface area contributed by atoms with Crippen molar-refractivity contribution in [2.24, 2.45) is 0 Å². The minimum atomic E-state index is -0.869. The molecule has 0 atom stereocenters. The van der Waals surface area contributed by atoms with Gasteiger partial charge in [-0.1, -0.05) is 24.6 Å². The molecule has 3 rings (SSSR count). The summed E-state index contributed by atoms with van der Waals surface area (Å²) in [4.78, 5) is 12.7. The number of hydrogen-bond donors (Lipinski definition) is 1. The van der Waals surface area contributed by atoms with E-state index in [-0.39, 0.29) is 0 Å². The average Bonchev–Trinajstić information content (AvgIpc) is 2.98. The van der Waals surface area contributed by atoms with Gasteiger partial charge < -0.3 is 5.11 Å². The van der Waals surface area contributed by atoms with Gasteiger partial charge in [0.15, 0.2) is 0 Å². The van der Waals surface area contributed by atoms with Gasteiger partial charge in [-0.25, -0.2) is 9.48 Å².